The van der Waals surface area contributed by atoms with E-state index in [2.05, 4.69) is 42.2 Å². The van der Waals surface area contributed by atoms with Gasteiger partial charge in [0, 0.05) is 13.2 Å². The average molecular weight is 261 g/mol. The topological polar surface area (TPSA) is 23.5 Å². The summed E-state index contributed by atoms with van der Waals surface area (Å²) in [6.07, 6.45) is 4.92. The summed E-state index contributed by atoms with van der Waals surface area (Å²) < 4.78 is 0. The lowest BCUT2D eigenvalue weighted by atomic mass is 9.90. The molecule has 0 amide bonds. The SMILES string of the molecule is CCC(CO)CN1CCC(Cc2ccccc2)CC1. The van der Waals surface area contributed by atoms with E-state index >= 15 is 0 Å². The third-order valence-electron chi connectivity index (χ3n) is 4.43. The second kappa shape index (κ2) is 7.66. The van der Waals surface area contributed by atoms with E-state index < -0.39 is 0 Å². The van der Waals surface area contributed by atoms with Crippen molar-refractivity contribution in [3.05, 3.63) is 35.9 Å². The molecule has 1 aromatic rings. The quantitative estimate of drug-likeness (QED) is 0.851. The Morgan fingerprint density at radius 2 is 1.89 bits per heavy atom. The first kappa shape index (κ1) is 14.5. The molecule has 1 saturated heterocycles. The molecule has 106 valence electrons. The maximum absolute atomic E-state index is 9.28. The Hall–Kier alpha value is -0.860. The molecule has 1 aliphatic rings. The van der Waals surface area contributed by atoms with Gasteiger partial charge in [-0.2, -0.15) is 0 Å². The molecule has 1 atom stereocenters. The minimum absolute atomic E-state index is 0.334. The summed E-state index contributed by atoms with van der Waals surface area (Å²) in [5.74, 6) is 1.30. The van der Waals surface area contributed by atoms with Crippen LogP contribution in [0.2, 0.25) is 0 Å². The number of likely N-dealkylation sites (tertiary alicyclic amines) is 1. The fourth-order valence-electron chi connectivity index (χ4n) is 3.00. The van der Waals surface area contributed by atoms with Crippen LogP contribution >= 0.6 is 0 Å². The summed E-state index contributed by atoms with van der Waals surface area (Å²) in [6, 6.07) is 10.8. The van der Waals surface area contributed by atoms with Crippen LogP contribution < -0.4 is 0 Å². The van der Waals surface area contributed by atoms with Gasteiger partial charge in [-0.15, -0.1) is 0 Å². The van der Waals surface area contributed by atoms with Crippen molar-refractivity contribution in [3.63, 3.8) is 0 Å². The molecule has 19 heavy (non-hydrogen) atoms. The second-order valence-corrected chi connectivity index (χ2v) is 5.89. The van der Waals surface area contributed by atoms with Crippen LogP contribution in [0.1, 0.15) is 31.7 Å². The monoisotopic (exact) mass is 261 g/mol. The molecule has 1 aliphatic heterocycles. The zero-order chi connectivity index (χ0) is 13.5. The first-order valence-electron chi connectivity index (χ1n) is 7.69. The Balaban J connectivity index is 1.73. The fraction of sp³-hybridized carbons (Fsp3) is 0.647. The third kappa shape index (κ3) is 4.63. The van der Waals surface area contributed by atoms with Crippen LogP contribution in [0.3, 0.4) is 0 Å². The number of aliphatic hydroxyl groups excluding tert-OH is 1. The number of nitrogens with zero attached hydrogens (tertiary/aromatic N) is 1. The third-order valence-corrected chi connectivity index (χ3v) is 4.43. The predicted octanol–water partition coefficient (Wildman–Crippen LogP) is 2.96. The van der Waals surface area contributed by atoms with Gasteiger partial charge in [0.2, 0.25) is 0 Å². The summed E-state index contributed by atoms with van der Waals surface area (Å²) >= 11 is 0. The highest BCUT2D eigenvalue weighted by molar-refractivity contribution is 5.15. The first-order chi connectivity index (χ1) is 9.31. The van der Waals surface area contributed by atoms with Crippen molar-refractivity contribution in [1.82, 2.24) is 4.90 Å². The molecular formula is C17H27NO. The molecule has 2 rings (SSSR count). The molecule has 2 nitrogen and oxygen atoms in total. The van der Waals surface area contributed by atoms with Crippen molar-refractivity contribution < 1.29 is 5.11 Å². The molecule has 0 saturated carbocycles. The zero-order valence-corrected chi connectivity index (χ0v) is 12.1. The minimum atomic E-state index is 0.334. The van der Waals surface area contributed by atoms with Gasteiger partial charge in [-0.25, -0.2) is 0 Å². The number of piperidine rings is 1. The number of hydrogen-bond acceptors (Lipinski definition) is 2. The highest BCUT2D eigenvalue weighted by Crippen LogP contribution is 2.22. The lowest BCUT2D eigenvalue weighted by molar-refractivity contribution is 0.126. The largest absolute Gasteiger partial charge is 0.396 e. The normalized spacial score (nSPS) is 19.5. The highest BCUT2D eigenvalue weighted by Gasteiger charge is 2.21. The average Bonchev–Trinajstić information content (AvgIpc) is 2.47. The van der Waals surface area contributed by atoms with Gasteiger partial charge in [0.15, 0.2) is 0 Å². The fourth-order valence-corrected chi connectivity index (χ4v) is 3.00. The first-order valence-corrected chi connectivity index (χ1v) is 7.69. The highest BCUT2D eigenvalue weighted by atomic mass is 16.3. The van der Waals surface area contributed by atoms with Gasteiger partial charge < -0.3 is 10.0 Å². The molecular weight excluding hydrogens is 234 g/mol. The standard InChI is InChI=1S/C17H27NO/c1-2-15(14-19)13-18-10-8-17(9-11-18)12-16-6-4-3-5-7-16/h3-7,15,17,19H,2,8-14H2,1H3. The number of benzene rings is 1. The molecule has 0 aliphatic carbocycles. The maximum atomic E-state index is 9.28. The maximum Gasteiger partial charge on any atom is 0.0471 e. The van der Waals surface area contributed by atoms with Gasteiger partial charge in [-0.3, -0.25) is 0 Å². The molecule has 0 bridgehead atoms. The molecule has 1 aromatic carbocycles. The van der Waals surface area contributed by atoms with Crippen molar-refractivity contribution in [1.29, 1.82) is 0 Å². The summed E-state index contributed by atoms with van der Waals surface area (Å²) in [6.45, 7) is 5.98. The van der Waals surface area contributed by atoms with Gasteiger partial charge >= 0.3 is 0 Å². The van der Waals surface area contributed by atoms with Gasteiger partial charge in [-0.1, -0.05) is 37.3 Å². The Labute approximate surface area is 117 Å². The Kier molecular flexibility index (Phi) is 5.87. The van der Waals surface area contributed by atoms with Crippen LogP contribution in [0.15, 0.2) is 30.3 Å². The van der Waals surface area contributed by atoms with Crippen LogP contribution in [0.4, 0.5) is 0 Å². The summed E-state index contributed by atoms with van der Waals surface area (Å²) in [5.41, 5.74) is 1.47. The smallest absolute Gasteiger partial charge is 0.0471 e. The van der Waals surface area contributed by atoms with Crippen molar-refractivity contribution in [2.24, 2.45) is 11.8 Å². The van der Waals surface area contributed by atoms with E-state index in [1.807, 2.05) is 0 Å². The van der Waals surface area contributed by atoms with Crippen molar-refractivity contribution in [2.75, 3.05) is 26.2 Å². The summed E-state index contributed by atoms with van der Waals surface area (Å²) in [4.78, 5) is 2.53. The Bertz CT molecular complexity index is 340. The van der Waals surface area contributed by atoms with Crippen LogP contribution in [-0.4, -0.2) is 36.2 Å². The molecule has 1 N–H and O–H groups in total. The van der Waals surface area contributed by atoms with E-state index in [1.165, 1.54) is 37.9 Å². The van der Waals surface area contributed by atoms with Gasteiger partial charge in [0.25, 0.3) is 0 Å². The van der Waals surface area contributed by atoms with E-state index in [0.717, 1.165) is 18.9 Å². The molecule has 1 unspecified atom stereocenters. The van der Waals surface area contributed by atoms with Crippen molar-refractivity contribution in [3.8, 4) is 0 Å². The van der Waals surface area contributed by atoms with E-state index in [1.54, 1.807) is 0 Å². The van der Waals surface area contributed by atoms with Crippen molar-refractivity contribution >= 4 is 0 Å². The zero-order valence-electron chi connectivity index (χ0n) is 12.1. The van der Waals surface area contributed by atoms with Crippen LogP contribution in [-0.2, 0) is 6.42 Å². The van der Waals surface area contributed by atoms with E-state index in [0.29, 0.717) is 12.5 Å². The minimum Gasteiger partial charge on any atom is -0.396 e. The number of aliphatic hydroxyl groups is 1. The predicted molar refractivity (Wildman–Crippen MR) is 80.2 cm³/mol. The van der Waals surface area contributed by atoms with Gasteiger partial charge in [-0.05, 0) is 56.2 Å². The molecule has 0 aromatic heterocycles. The molecule has 0 radical (unpaired) electrons. The van der Waals surface area contributed by atoms with Crippen molar-refractivity contribution in [2.45, 2.75) is 32.6 Å². The second-order valence-electron chi connectivity index (χ2n) is 5.89. The summed E-state index contributed by atoms with van der Waals surface area (Å²) in [5, 5.41) is 9.28. The van der Waals surface area contributed by atoms with Gasteiger partial charge in [0.1, 0.15) is 0 Å². The van der Waals surface area contributed by atoms with E-state index in [9.17, 15) is 5.11 Å². The lowest BCUT2D eigenvalue weighted by Gasteiger charge is -2.33. The number of hydrogen-bond donors (Lipinski definition) is 1. The number of rotatable bonds is 6. The summed E-state index contributed by atoms with van der Waals surface area (Å²) in [7, 11) is 0. The van der Waals surface area contributed by atoms with Crippen LogP contribution in [0, 0.1) is 11.8 Å². The Morgan fingerprint density at radius 1 is 1.21 bits per heavy atom. The molecule has 1 heterocycles. The van der Waals surface area contributed by atoms with E-state index in [-0.39, 0.29) is 0 Å². The van der Waals surface area contributed by atoms with Crippen LogP contribution in [0.5, 0.6) is 0 Å². The molecule has 0 spiro atoms. The molecule has 2 heteroatoms. The Morgan fingerprint density at radius 3 is 2.47 bits per heavy atom. The lowest BCUT2D eigenvalue weighted by Crippen LogP contribution is -2.38. The van der Waals surface area contributed by atoms with Crippen LogP contribution in [0.25, 0.3) is 0 Å². The van der Waals surface area contributed by atoms with Gasteiger partial charge in [0.05, 0.1) is 0 Å². The van der Waals surface area contributed by atoms with E-state index in [4.69, 9.17) is 0 Å². The molecule has 1 fully saturated rings.